The number of alkyl halides is 3. The molecule has 3 rings (SSSR count). The van der Waals surface area contributed by atoms with Crippen LogP contribution in [0.4, 0.5) is 24.5 Å². The molecule has 0 aromatic heterocycles. The lowest BCUT2D eigenvalue weighted by molar-refractivity contribution is -0.138. The summed E-state index contributed by atoms with van der Waals surface area (Å²) in [7, 11) is 0. The van der Waals surface area contributed by atoms with Gasteiger partial charge in [-0.3, -0.25) is 9.69 Å². The minimum Gasteiger partial charge on any atom is -0.398 e. The van der Waals surface area contributed by atoms with Gasteiger partial charge in [0.25, 0.3) is 5.91 Å². The van der Waals surface area contributed by atoms with Crippen molar-refractivity contribution in [2.45, 2.75) is 19.6 Å². The van der Waals surface area contributed by atoms with Crippen LogP contribution in [0.3, 0.4) is 0 Å². The van der Waals surface area contributed by atoms with E-state index in [1.807, 2.05) is 11.8 Å². The molecule has 1 saturated heterocycles. The fourth-order valence-electron chi connectivity index (χ4n) is 3.04. The van der Waals surface area contributed by atoms with Crippen LogP contribution in [-0.2, 0) is 17.5 Å². The average Bonchev–Trinajstić information content (AvgIpc) is 2.65. The number of nitrogens with two attached hydrogens (primary N) is 1. The largest absolute Gasteiger partial charge is 0.416 e. The first kappa shape index (κ1) is 20.2. The van der Waals surface area contributed by atoms with E-state index in [0.29, 0.717) is 37.7 Å². The van der Waals surface area contributed by atoms with E-state index >= 15 is 0 Å². The van der Waals surface area contributed by atoms with Crippen molar-refractivity contribution >= 4 is 17.3 Å². The molecule has 1 aliphatic heterocycles. The van der Waals surface area contributed by atoms with Gasteiger partial charge in [-0.1, -0.05) is 12.1 Å². The Hall–Kier alpha value is -2.58. The molecule has 5 nitrogen and oxygen atoms in total. The molecule has 0 bridgehead atoms. The standard InChI is InChI=1S/C20H22F3N3O2/c1-13-2-5-16(11-18(13)24)25-19(27)14-3-4-15(17(10-14)20(21,22)23)12-26-6-8-28-9-7-26/h2-5,10-11H,6-9,12,24H2,1H3,(H,25,27). The summed E-state index contributed by atoms with van der Waals surface area (Å²) in [5, 5.41) is 2.59. The number of anilines is 2. The van der Waals surface area contributed by atoms with Crippen LogP contribution >= 0.6 is 0 Å². The highest BCUT2D eigenvalue weighted by molar-refractivity contribution is 6.04. The number of hydrogen-bond donors (Lipinski definition) is 2. The fraction of sp³-hybridized carbons (Fsp3) is 0.350. The molecule has 3 N–H and O–H groups in total. The quantitative estimate of drug-likeness (QED) is 0.778. The summed E-state index contributed by atoms with van der Waals surface area (Å²) in [4.78, 5) is 14.4. The highest BCUT2D eigenvalue weighted by atomic mass is 19.4. The first-order valence-corrected chi connectivity index (χ1v) is 8.92. The van der Waals surface area contributed by atoms with Crippen LogP contribution < -0.4 is 11.1 Å². The van der Waals surface area contributed by atoms with Gasteiger partial charge in [0, 0.05) is 36.6 Å². The van der Waals surface area contributed by atoms with Crippen molar-refractivity contribution in [3.05, 3.63) is 58.7 Å². The summed E-state index contributed by atoms with van der Waals surface area (Å²) >= 11 is 0. The number of benzene rings is 2. The van der Waals surface area contributed by atoms with Crippen molar-refractivity contribution in [3.8, 4) is 0 Å². The summed E-state index contributed by atoms with van der Waals surface area (Å²) in [6, 6.07) is 8.65. The summed E-state index contributed by atoms with van der Waals surface area (Å²) in [5.74, 6) is -0.619. The number of halogens is 3. The van der Waals surface area contributed by atoms with Crippen molar-refractivity contribution < 1.29 is 22.7 Å². The van der Waals surface area contributed by atoms with Gasteiger partial charge < -0.3 is 15.8 Å². The first-order valence-electron chi connectivity index (χ1n) is 8.92. The number of rotatable bonds is 4. The van der Waals surface area contributed by atoms with E-state index in [9.17, 15) is 18.0 Å². The van der Waals surface area contributed by atoms with Crippen LogP contribution in [0.5, 0.6) is 0 Å². The molecular formula is C20H22F3N3O2. The number of ether oxygens (including phenoxy) is 1. The number of nitrogen functional groups attached to an aromatic ring is 1. The molecule has 150 valence electrons. The molecule has 0 radical (unpaired) electrons. The molecule has 1 amide bonds. The minimum absolute atomic E-state index is 0.0581. The number of nitrogens with one attached hydrogen (secondary N) is 1. The predicted octanol–water partition coefficient (Wildman–Crippen LogP) is 3.68. The Balaban J connectivity index is 1.82. The topological polar surface area (TPSA) is 67.6 Å². The zero-order valence-corrected chi connectivity index (χ0v) is 15.5. The number of aryl methyl sites for hydroxylation is 1. The third kappa shape index (κ3) is 4.82. The summed E-state index contributed by atoms with van der Waals surface area (Å²) in [6.45, 7) is 4.14. The summed E-state index contributed by atoms with van der Waals surface area (Å²) < 4.78 is 46.0. The van der Waals surface area contributed by atoms with E-state index in [1.165, 1.54) is 12.1 Å². The van der Waals surface area contributed by atoms with Crippen molar-refractivity contribution in [1.82, 2.24) is 4.90 Å². The molecule has 1 fully saturated rings. The molecule has 0 saturated carbocycles. The number of carbonyl (C=O) groups excluding carboxylic acids is 1. The van der Waals surface area contributed by atoms with Crippen LogP contribution in [-0.4, -0.2) is 37.1 Å². The maximum atomic E-state index is 13.6. The molecule has 0 unspecified atom stereocenters. The highest BCUT2D eigenvalue weighted by Crippen LogP contribution is 2.33. The zero-order chi connectivity index (χ0) is 20.3. The van der Waals surface area contributed by atoms with Gasteiger partial charge in [-0.25, -0.2) is 0 Å². The van der Waals surface area contributed by atoms with E-state index in [0.717, 1.165) is 11.6 Å². The van der Waals surface area contributed by atoms with E-state index in [2.05, 4.69) is 5.32 Å². The van der Waals surface area contributed by atoms with Gasteiger partial charge in [0.2, 0.25) is 0 Å². The Morgan fingerprint density at radius 1 is 1.18 bits per heavy atom. The van der Waals surface area contributed by atoms with E-state index in [-0.39, 0.29) is 17.7 Å². The third-order valence-electron chi connectivity index (χ3n) is 4.71. The Labute approximate surface area is 161 Å². The van der Waals surface area contributed by atoms with Crippen LogP contribution in [0.25, 0.3) is 0 Å². The number of nitrogens with zero attached hydrogens (tertiary/aromatic N) is 1. The minimum atomic E-state index is -4.55. The monoisotopic (exact) mass is 393 g/mol. The molecule has 1 heterocycles. The number of hydrogen-bond acceptors (Lipinski definition) is 4. The third-order valence-corrected chi connectivity index (χ3v) is 4.71. The lowest BCUT2D eigenvalue weighted by Gasteiger charge is -2.27. The van der Waals surface area contributed by atoms with E-state index < -0.39 is 17.6 Å². The Bertz CT molecular complexity index is 862. The van der Waals surface area contributed by atoms with Crippen molar-refractivity contribution in [2.75, 3.05) is 37.4 Å². The van der Waals surface area contributed by atoms with Crippen LogP contribution in [0.2, 0.25) is 0 Å². The van der Waals surface area contributed by atoms with E-state index in [4.69, 9.17) is 10.5 Å². The molecule has 0 aliphatic carbocycles. The van der Waals surface area contributed by atoms with Gasteiger partial charge in [0.05, 0.1) is 18.8 Å². The number of carbonyl (C=O) groups is 1. The van der Waals surface area contributed by atoms with Gasteiger partial charge in [0.15, 0.2) is 0 Å². The molecule has 0 atom stereocenters. The van der Waals surface area contributed by atoms with Crippen LogP contribution in [0.1, 0.15) is 27.0 Å². The van der Waals surface area contributed by atoms with Crippen molar-refractivity contribution in [3.63, 3.8) is 0 Å². The average molecular weight is 393 g/mol. The smallest absolute Gasteiger partial charge is 0.398 e. The van der Waals surface area contributed by atoms with Crippen molar-refractivity contribution in [1.29, 1.82) is 0 Å². The van der Waals surface area contributed by atoms with Crippen LogP contribution in [0, 0.1) is 6.92 Å². The van der Waals surface area contributed by atoms with Gasteiger partial charge in [0.1, 0.15) is 0 Å². The fourth-order valence-corrected chi connectivity index (χ4v) is 3.04. The number of amides is 1. The maximum absolute atomic E-state index is 13.6. The molecule has 8 heteroatoms. The normalized spacial score (nSPS) is 15.4. The molecule has 0 spiro atoms. The molecule has 28 heavy (non-hydrogen) atoms. The second-order valence-electron chi connectivity index (χ2n) is 6.78. The SMILES string of the molecule is Cc1ccc(NC(=O)c2ccc(CN3CCOCC3)c(C(F)(F)F)c2)cc1N. The van der Waals surface area contributed by atoms with Gasteiger partial charge >= 0.3 is 6.18 Å². The molecule has 2 aromatic carbocycles. The highest BCUT2D eigenvalue weighted by Gasteiger charge is 2.34. The Morgan fingerprint density at radius 2 is 1.89 bits per heavy atom. The van der Waals surface area contributed by atoms with E-state index in [1.54, 1.807) is 18.2 Å². The van der Waals surface area contributed by atoms with Gasteiger partial charge in [-0.15, -0.1) is 0 Å². The van der Waals surface area contributed by atoms with Gasteiger partial charge in [-0.05, 0) is 42.3 Å². The first-order chi connectivity index (χ1) is 13.2. The second kappa shape index (κ2) is 8.20. The molecular weight excluding hydrogens is 371 g/mol. The van der Waals surface area contributed by atoms with Crippen molar-refractivity contribution in [2.24, 2.45) is 0 Å². The molecule has 2 aromatic rings. The Morgan fingerprint density at radius 3 is 2.54 bits per heavy atom. The lowest BCUT2D eigenvalue weighted by atomic mass is 10.0. The molecule has 1 aliphatic rings. The summed E-state index contributed by atoms with van der Waals surface area (Å²) in [5.41, 5.74) is 6.88. The predicted molar refractivity (Wildman–Crippen MR) is 101 cm³/mol. The zero-order valence-electron chi connectivity index (χ0n) is 15.5. The summed E-state index contributed by atoms with van der Waals surface area (Å²) in [6.07, 6.45) is -4.55. The maximum Gasteiger partial charge on any atom is 0.416 e. The van der Waals surface area contributed by atoms with Gasteiger partial charge in [-0.2, -0.15) is 13.2 Å². The number of morpholine rings is 1. The Kier molecular flexibility index (Phi) is 5.90. The lowest BCUT2D eigenvalue weighted by Crippen LogP contribution is -2.36. The second-order valence-corrected chi connectivity index (χ2v) is 6.78. The van der Waals surface area contributed by atoms with Crippen LogP contribution in [0.15, 0.2) is 36.4 Å².